The van der Waals surface area contributed by atoms with Crippen molar-refractivity contribution in [1.29, 1.82) is 0 Å². The van der Waals surface area contributed by atoms with Crippen molar-refractivity contribution < 1.29 is 4.74 Å². The van der Waals surface area contributed by atoms with Crippen LogP contribution in [0.2, 0.25) is 0 Å². The molecule has 104 valence electrons. The first-order valence-electron chi connectivity index (χ1n) is 7.16. The molecule has 2 unspecified atom stereocenters. The third kappa shape index (κ3) is 5.87. The standard InChI is InChI=1S/C15H33NO/c1-8-12(9-2)11-13(16-10-3)14(17-7)15(4,5)6/h12-14,16H,8-11H2,1-7H3. The van der Waals surface area contributed by atoms with Gasteiger partial charge in [0.05, 0.1) is 6.10 Å². The molecule has 0 bridgehead atoms. The van der Waals surface area contributed by atoms with E-state index in [1.54, 1.807) is 0 Å². The molecule has 0 aromatic heterocycles. The van der Waals surface area contributed by atoms with Gasteiger partial charge in [0.25, 0.3) is 0 Å². The van der Waals surface area contributed by atoms with Crippen LogP contribution in [0.5, 0.6) is 0 Å². The molecule has 0 saturated heterocycles. The lowest BCUT2D eigenvalue weighted by Crippen LogP contribution is -2.48. The predicted molar refractivity (Wildman–Crippen MR) is 76.4 cm³/mol. The Bertz CT molecular complexity index is 182. The van der Waals surface area contributed by atoms with Gasteiger partial charge in [-0.15, -0.1) is 0 Å². The highest BCUT2D eigenvalue weighted by Gasteiger charge is 2.32. The van der Waals surface area contributed by atoms with Gasteiger partial charge in [-0.3, -0.25) is 0 Å². The van der Waals surface area contributed by atoms with Crippen molar-refractivity contribution in [1.82, 2.24) is 5.32 Å². The molecular formula is C15H33NO. The van der Waals surface area contributed by atoms with Crippen LogP contribution < -0.4 is 5.32 Å². The summed E-state index contributed by atoms with van der Waals surface area (Å²) >= 11 is 0. The molecule has 2 nitrogen and oxygen atoms in total. The van der Waals surface area contributed by atoms with Crippen molar-refractivity contribution in [3.05, 3.63) is 0 Å². The number of rotatable bonds is 8. The number of nitrogens with one attached hydrogen (secondary N) is 1. The second kappa shape index (κ2) is 8.10. The van der Waals surface area contributed by atoms with Gasteiger partial charge in [0, 0.05) is 13.2 Å². The van der Waals surface area contributed by atoms with Gasteiger partial charge in [0.2, 0.25) is 0 Å². The number of hydrogen-bond acceptors (Lipinski definition) is 2. The van der Waals surface area contributed by atoms with Crippen molar-refractivity contribution in [2.45, 2.75) is 73.0 Å². The summed E-state index contributed by atoms with van der Waals surface area (Å²) in [6.07, 6.45) is 4.03. The zero-order chi connectivity index (χ0) is 13.5. The van der Waals surface area contributed by atoms with Crippen LogP contribution >= 0.6 is 0 Å². The van der Waals surface area contributed by atoms with E-state index in [-0.39, 0.29) is 11.5 Å². The summed E-state index contributed by atoms with van der Waals surface area (Å²) in [5, 5.41) is 3.61. The average Bonchev–Trinajstić information content (AvgIpc) is 2.24. The van der Waals surface area contributed by atoms with Crippen molar-refractivity contribution >= 4 is 0 Å². The minimum atomic E-state index is 0.188. The fourth-order valence-electron chi connectivity index (χ4n) is 2.68. The molecule has 0 heterocycles. The van der Waals surface area contributed by atoms with Crippen LogP contribution in [0, 0.1) is 11.3 Å². The quantitative estimate of drug-likeness (QED) is 0.699. The largest absolute Gasteiger partial charge is 0.379 e. The van der Waals surface area contributed by atoms with Crippen molar-refractivity contribution in [3.8, 4) is 0 Å². The Morgan fingerprint density at radius 3 is 1.88 bits per heavy atom. The van der Waals surface area contributed by atoms with Crippen LogP contribution in [0.25, 0.3) is 0 Å². The first kappa shape index (κ1) is 16.9. The van der Waals surface area contributed by atoms with E-state index >= 15 is 0 Å². The second-order valence-electron chi connectivity index (χ2n) is 6.10. The Morgan fingerprint density at radius 2 is 1.59 bits per heavy atom. The van der Waals surface area contributed by atoms with Crippen molar-refractivity contribution in [3.63, 3.8) is 0 Å². The van der Waals surface area contributed by atoms with E-state index in [0.717, 1.165) is 12.5 Å². The number of methoxy groups -OCH3 is 1. The molecule has 2 heteroatoms. The summed E-state index contributed by atoms with van der Waals surface area (Å²) in [5.74, 6) is 0.805. The normalized spacial score (nSPS) is 16.2. The first-order valence-corrected chi connectivity index (χ1v) is 7.16. The molecule has 0 fully saturated rings. The number of likely N-dealkylation sites (N-methyl/N-ethyl adjacent to an activating group) is 1. The summed E-state index contributed by atoms with van der Waals surface area (Å²) in [6.45, 7) is 14.6. The lowest BCUT2D eigenvalue weighted by Gasteiger charge is -2.38. The lowest BCUT2D eigenvalue weighted by atomic mass is 9.80. The summed E-state index contributed by atoms with van der Waals surface area (Å²) in [7, 11) is 1.84. The third-order valence-corrected chi connectivity index (χ3v) is 3.68. The van der Waals surface area contributed by atoms with E-state index in [2.05, 4.69) is 46.9 Å². The van der Waals surface area contributed by atoms with E-state index in [4.69, 9.17) is 4.74 Å². The molecular weight excluding hydrogens is 210 g/mol. The van der Waals surface area contributed by atoms with E-state index in [1.165, 1.54) is 19.3 Å². The van der Waals surface area contributed by atoms with Crippen molar-refractivity contribution in [2.75, 3.05) is 13.7 Å². The van der Waals surface area contributed by atoms with Crippen LogP contribution in [0.15, 0.2) is 0 Å². The minimum Gasteiger partial charge on any atom is -0.379 e. The smallest absolute Gasteiger partial charge is 0.0772 e. The van der Waals surface area contributed by atoms with E-state index in [9.17, 15) is 0 Å². The molecule has 0 aromatic rings. The Hall–Kier alpha value is -0.0800. The van der Waals surface area contributed by atoms with Crippen LogP contribution in [-0.4, -0.2) is 25.8 Å². The number of ether oxygens (including phenoxy) is 1. The zero-order valence-electron chi connectivity index (χ0n) is 13.0. The molecule has 0 aromatic carbocycles. The number of hydrogen-bond donors (Lipinski definition) is 1. The summed E-state index contributed by atoms with van der Waals surface area (Å²) in [4.78, 5) is 0. The Kier molecular flexibility index (Phi) is 8.06. The molecule has 0 aliphatic rings. The van der Waals surface area contributed by atoms with Gasteiger partial charge in [-0.05, 0) is 24.3 Å². The molecule has 0 aliphatic carbocycles. The van der Waals surface area contributed by atoms with E-state index in [1.807, 2.05) is 7.11 Å². The highest BCUT2D eigenvalue weighted by Crippen LogP contribution is 2.28. The fourth-order valence-corrected chi connectivity index (χ4v) is 2.68. The molecule has 1 N–H and O–H groups in total. The molecule has 0 spiro atoms. The fraction of sp³-hybridized carbons (Fsp3) is 1.00. The first-order chi connectivity index (χ1) is 7.90. The molecule has 0 rings (SSSR count). The van der Waals surface area contributed by atoms with Crippen LogP contribution in [0.3, 0.4) is 0 Å². The SMILES string of the molecule is CCNC(CC(CC)CC)C(OC)C(C)(C)C. The van der Waals surface area contributed by atoms with E-state index < -0.39 is 0 Å². The molecule has 2 atom stereocenters. The maximum Gasteiger partial charge on any atom is 0.0772 e. The maximum absolute atomic E-state index is 5.76. The summed E-state index contributed by atoms with van der Waals surface area (Å²) < 4.78 is 5.76. The monoisotopic (exact) mass is 243 g/mol. The van der Waals surface area contributed by atoms with Crippen LogP contribution in [0.4, 0.5) is 0 Å². The van der Waals surface area contributed by atoms with Gasteiger partial charge in [0.1, 0.15) is 0 Å². The second-order valence-corrected chi connectivity index (χ2v) is 6.10. The minimum absolute atomic E-state index is 0.188. The third-order valence-electron chi connectivity index (χ3n) is 3.68. The zero-order valence-corrected chi connectivity index (χ0v) is 13.0. The predicted octanol–water partition coefficient (Wildman–Crippen LogP) is 3.85. The highest BCUT2D eigenvalue weighted by atomic mass is 16.5. The van der Waals surface area contributed by atoms with Gasteiger partial charge < -0.3 is 10.1 Å². The van der Waals surface area contributed by atoms with Gasteiger partial charge in [-0.2, -0.15) is 0 Å². The Balaban J connectivity index is 4.68. The molecule has 17 heavy (non-hydrogen) atoms. The summed E-state index contributed by atoms with van der Waals surface area (Å²) in [6, 6.07) is 0.468. The molecule has 0 radical (unpaired) electrons. The van der Waals surface area contributed by atoms with Crippen molar-refractivity contribution in [2.24, 2.45) is 11.3 Å². The maximum atomic E-state index is 5.76. The highest BCUT2D eigenvalue weighted by molar-refractivity contribution is 4.87. The van der Waals surface area contributed by atoms with Gasteiger partial charge in [-0.1, -0.05) is 54.4 Å². The molecule has 0 aliphatic heterocycles. The van der Waals surface area contributed by atoms with Gasteiger partial charge >= 0.3 is 0 Å². The van der Waals surface area contributed by atoms with Crippen LogP contribution in [-0.2, 0) is 4.74 Å². The Labute approximate surface area is 109 Å². The summed E-state index contributed by atoms with van der Waals surface area (Å²) in [5.41, 5.74) is 0.188. The lowest BCUT2D eigenvalue weighted by molar-refractivity contribution is -0.0168. The Morgan fingerprint density at radius 1 is 1.06 bits per heavy atom. The average molecular weight is 243 g/mol. The van der Waals surface area contributed by atoms with Gasteiger partial charge in [0.15, 0.2) is 0 Å². The van der Waals surface area contributed by atoms with Crippen LogP contribution in [0.1, 0.15) is 60.8 Å². The van der Waals surface area contributed by atoms with E-state index in [0.29, 0.717) is 6.04 Å². The van der Waals surface area contributed by atoms with Gasteiger partial charge in [-0.25, -0.2) is 0 Å². The molecule has 0 amide bonds. The molecule has 0 saturated carbocycles. The topological polar surface area (TPSA) is 21.3 Å².